The summed E-state index contributed by atoms with van der Waals surface area (Å²) in [6, 6.07) is 0. The number of rotatable bonds is 8. The van der Waals surface area contributed by atoms with E-state index in [1.807, 2.05) is 14.1 Å². The molecule has 0 heterocycles. The number of carboxylic acid groups (broad SMARTS) is 2. The van der Waals surface area contributed by atoms with Crippen molar-refractivity contribution >= 4 is 11.9 Å². The van der Waals surface area contributed by atoms with E-state index < -0.39 is 11.9 Å². The number of hydrogen-bond donors (Lipinski definition) is 4. The molecule has 4 N–H and O–H groups in total. The van der Waals surface area contributed by atoms with E-state index in [-0.39, 0.29) is 12.8 Å². The van der Waals surface area contributed by atoms with Crippen LogP contribution in [0.2, 0.25) is 0 Å². The highest BCUT2D eigenvalue weighted by Gasteiger charge is 1.93. The molecule has 0 bridgehead atoms. The van der Waals surface area contributed by atoms with E-state index in [1.165, 1.54) is 0 Å². The van der Waals surface area contributed by atoms with Gasteiger partial charge in [-0.2, -0.15) is 0 Å². The molecule has 0 saturated heterocycles. The number of nitrogens with one attached hydrogen (secondary N) is 2. The number of carboxylic acids is 2. The molecule has 0 aromatic carbocycles. The van der Waals surface area contributed by atoms with Crippen molar-refractivity contribution in [3.63, 3.8) is 0 Å². The summed E-state index contributed by atoms with van der Waals surface area (Å²) in [5.74, 6) is -1.44. The van der Waals surface area contributed by atoms with Gasteiger partial charge in [-0.25, -0.2) is 0 Å². The molecule has 6 nitrogen and oxygen atoms in total. The first-order valence-corrected chi connectivity index (χ1v) is 5.27. The molecule has 0 aliphatic heterocycles. The van der Waals surface area contributed by atoms with Gasteiger partial charge < -0.3 is 20.8 Å². The van der Waals surface area contributed by atoms with Gasteiger partial charge in [-0.3, -0.25) is 9.59 Å². The van der Waals surface area contributed by atoms with E-state index in [0.717, 1.165) is 13.1 Å². The minimum atomic E-state index is -0.722. The molecule has 0 amide bonds. The van der Waals surface area contributed by atoms with Crippen LogP contribution in [0.3, 0.4) is 0 Å². The molecule has 0 aliphatic carbocycles. The topological polar surface area (TPSA) is 98.7 Å². The minimum absolute atomic E-state index is 0.265. The molecule has 0 aromatic rings. The zero-order valence-corrected chi connectivity index (χ0v) is 9.95. The largest absolute Gasteiger partial charge is 0.481 e. The van der Waals surface area contributed by atoms with Gasteiger partial charge in [0.15, 0.2) is 0 Å². The Morgan fingerprint density at radius 1 is 0.875 bits per heavy atom. The Labute approximate surface area is 96.0 Å². The van der Waals surface area contributed by atoms with E-state index in [4.69, 9.17) is 10.2 Å². The molecule has 0 unspecified atom stereocenters. The molecule has 0 saturated carbocycles. The van der Waals surface area contributed by atoms with E-state index in [0.29, 0.717) is 12.8 Å². The predicted octanol–water partition coefficient (Wildman–Crippen LogP) is 0.141. The van der Waals surface area contributed by atoms with Gasteiger partial charge in [0, 0.05) is 12.8 Å². The SMILES string of the molecule is CNCCCC(=O)O.CNCCCC(=O)O. The van der Waals surface area contributed by atoms with Crippen LogP contribution in [0, 0.1) is 0 Å². The minimum Gasteiger partial charge on any atom is -0.481 e. The fraction of sp³-hybridized carbons (Fsp3) is 0.800. The smallest absolute Gasteiger partial charge is 0.303 e. The highest BCUT2D eigenvalue weighted by atomic mass is 16.4. The van der Waals surface area contributed by atoms with Gasteiger partial charge in [-0.1, -0.05) is 0 Å². The lowest BCUT2D eigenvalue weighted by Crippen LogP contribution is -2.09. The van der Waals surface area contributed by atoms with Gasteiger partial charge in [0.1, 0.15) is 0 Å². The lowest BCUT2D eigenvalue weighted by Gasteiger charge is -1.92. The molecule has 0 spiro atoms. The number of hydrogen-bond acceptors (Lipinski definition) is 4. The van der Waals surface area contributed by atoms with Crippen molar-refractivity contribution in [2.45, 2.75) is 25.7 Å². The normalized spacial score (nSPS) is 9.12. The zero-order valence-electron chi connectivity index (χ0n) is 9.95. The van der Waals surface area contributed by atoms with Crippen molar-refractivity contribution in [2.24, 2.45) is 0 Å². The second-order valence-corrected chi connectivity index (χ2v) is 3.20. The highest BCUT2D eigenvalue weighted by molar-refractivity contribution is 5.66. The molecule has 6 heteroatoms. The summed E-state index contributed by atoms with van der Waals surface area (Å²) in [7, 11) is 3.61. The van der Waals surface area contributed by atoms with Crippen LogP contribution in [0.25, 0.3) is 0 Å². The third kappa shape index (κ3) is 23.0. The Kier molecular flexibility index (Phi) is 15.0. The molecule has 0 fully saturated rings. The van der Waals surface area contributed by atoms with Crippen LogP contribution in [0.1, 0.15) is 25.7 Å². The molecule has 0 atom stereocenters. The first kappa shape index (κ1) is 17.3. The fourth-order valence-corrected chi connectivity index (χ4v) is 0.833. The van der Waals surface area contributed by atoms with Crippen LogP contribution in [0.15, 0.2) is 0 Å². The van der Waals surface area contributed by atoms with Crippen molar-refractivity contribution < 1.29 is 19.8 Å². The quantitative estimate of drug-likeness (QED) is 0.446. The van der Waals surface area contributed by atoms with E-state index in [2.05, 4.69) is 10.6 Å². The Morgan fingerprint density at radius 3 is 1.38 bits per heavy atom. The van der Waals surface area contributed by atoms with E-state index in [9.17, 15) is 9.59 Å². The summed E-state index contributed by atoms with van der Waals surface area (Å²) in [5.41, 5.74) is 0. The van der Waals surface area contributed by atoms with Crippen molar-refractivity contribution in [1.29, 1.82) is 0 Å². The Balaban J connectivity index is 0. The summed E-state index contributed by atoms with van der Waals surface area (Å²) in [6.45, 7) is 1.57. The summed E-state index contributed by atoms with van der Waals surface area (Å²) < 4.78 is 0. The van der Waals surface area contributed by atoms with Gasteiger partial charge in [-0.15, -0.1) is 0 Å². The maximum Gasteiger partial charge on any atom is 0.303 e. The Morgan fingerprint density at radius 2 is 1.19 bits per heavy atom. The summed E-state index contributed by atoms with van der Waals surface area (Å²) >= 11 is 0. The molecule has 0 rings (SSSR count). The van der Waals surface area contributed by atoms with Crippen LogP contribution in [-0.4, -0.2) is 49.3 Å². The van der Waals surface area contributed by atoms with Crippen molar-refractivity contribution in [1.82, 2.24) is 10.6 Å². The van der Waals surface area contributed by atoms with E-state index >= 15 is 0 Å². The maximum absolute atomic E-state index is 9.85. The van der Waals surface area contributed by atoms with Crippen molar-refractivity contribution in [3.8, 4) is 0 Å². The average molecular weight is 234 g/mol. The molecule has 0 radical (unpaired) electrons. The highest BCUT2D eigenvalue weighted by Crippen LogP contribution is 1.84. The molecule has 0 aromatic heterocycles. The van der Waals surface area contributed by atoms with Crippen LogP contribution in [0.4, 0.5) is 0 Å². The fourth-order valence-electron chi connectivity index (χ4n) is 0.833. The second-order valence-electron chi connectivity index (χ2n) is 3.20. The molecule has 96 valence electrons. The summed E-state index contributed by atoms with van der Waals surface area (Å²) in [6.07, 6.45) is 1.96. The van der Waals surface area contributed by atoms with Gasteiger partial charge in [0.25, 0.3) is 0 Å². The van der Waals surface area contributed by atoms with Crippen LogP contribution < -0.4 is 10.6 Å². The third-order valence-corrected chi connectivity index (χ3v) is 1.63. The second kappa shape index (κ2) is 13.9. The Bertz CT molecular complexity index is 166. The average Bonchev–Trinajstić information content (AvgIpc) is 2.18. The predicted molar refractivity (Wildman–Crippen MR) is 61.6 cm³/mol. The van der Waals surface area contributed by atoms with Gasteiger partial charge in [0.05, 0.1) is 0 Å². The standard InChI is InChI=1S/2C5H11NO2/c2*1-6-4-2-3-5(7)8/h2*6H,2-4H2,1H3,(H,7,8). The lowest BCUT2D eigenvalue weighted by molar-refractivity contribution is -0.138. The molecule has 16 heavy (non-hydrogen) atoms. The van der Waals surface area contributed by atoms with Gasteiger partial charge >= 0.3 is 11.9 Å². The van der Waals surface area contributed by atoms with Crippen molar-refractivity contribution in [3.05, 3.63) is 0 Å². The Hall–Kier alpha value is -1.14. The van der Waals surface area contributed by atoms with E-state index in [1.54, 1.807) is 0 Å². The third-order valence-electron chi connectivity index (χ3n) is 1.63. The zero-order chi connectivity index (χ0) is 12.8. The van der Waals surface area contributed by atoms with Crippen LogP contribution in [0.5, 0.6) is 0 Å². The van der Waals surface area contributed by atoms with Gasteiger partial charge in [-0.05, 0) is 40.0 Å². The lowest BCUT2D eigenvalue weighted by atomic mass is 10.3. The van der Waals surface area contributed by atoms with Gasteiger partial charge in [0.2, 0.25) is 0 Å². The summed E-state index contributed by atoms with van der Waals surface area (Å²) in [4.78, 5) is 19.7. The van der Waals surface area contributed by atoms with Crippen LogP contribution >= 0.6 is 0 Å². The first-order valence-electron chi connectivity index (χ1n) is 5.27. The maximum atomic E-state index is 9.85. The number of carbonyl (C=O) groups is 2. The molecular weight excluding hydrogens is 212 g/mol. The molecule has 0 aliphatic rings. The van der Waals surface area contributed by atoms with Crippen LogP contribution in [-0.2, 0) is 9.59 Å². The molecular formula is C10H22N2O4. The monoisotopic (exact) mass is 234 g/mol. The summed E-state index contributed by atoms with van der Waals surface area (Å²) in [5, 5.41) is 21.9. The first-order chi connectivity index (χ1) is 7.54. The number of aliphatic carboxylic acids is 2. The van der Waals surface area contributed by atoms with Crippen molar-refractivity contribution in [2.75, 3.05) is 27.2 Å².